The van der Waals surface area contributed by atoms with Gasteiger partial charge in [-0.3, -0.25) is 0 Å². The van der Waals surface area contributed by atoms with Crippen LogP contribution in [0.1, 0.15) is 0 Å². The van der Waals surface area contributed by atoms with E-state index < -0.39 is 0 Å². The Kier molecular flexibility index (Phi) is 2.96. The van der Waals surface area contributed by atoms with E-state index in [1.165, 1.54) is 0 Å². The smallest absolute Gasteiger partial charge is 0.258 e. The zero-order valence-electron chi connectivity index (χ0n) is 9.62. The summed E-state index contributed by atoms with van der Waals surface area (Å²) in [5.74, 6) is 1.14. The van der Waals surface area contributed by atoms with Crippen LogP contribution in [0.2, 0.25) is 0 Å². The van der Waals surface area contributed by atoms with Gasteiger partial charge >= 0.3 is 0 Å². The van der Waals surface area contributed by atoms with Gasteiger partial charge in [-0.05, 0) is 40.2 Å². The number of hydrogen-bond donors (Lipinski definition) is 1. The highest BCUT2D eigenvalue weighted by Crippen LogP contribution is 2.26. The number of anilines is 1. The van der Waals surface area contributed by atoms with Gasteiger partial charge in [0.15, 0.2) is 0 Å². The summed E-state index contributed by atoms with van der Waals surface area (Å²) in [7, 11) is 0. The molecular formula is C12H8BrN5O. The number of rotatable bonds is 2. The van der Waals surface area contributed by atoms with Crippen molar-refractivity contribution in [2.75, 3.05) is 5.73 Å². The van der Waals surface area contributed by atoms with Gasteiger partial charge in [-0.2, -0.15) is 4.98 Å². The van der Waals surface area contributed by atoms with Gasteiger partial charge in [-0.25, -0.2) is 9.97 Å². The van der Waals surface area contributed by atoms with Crippen LogP contribution in [0.3, 0.4) is 0 Å². The number of hydrogen-bond acceptors (Lipinski definition) is 6. The molecule has 0 saturated carbocycles. The van der Waals surface area contributed by atoms with Crippen LogP contribution in [-0.2, 0) is 0 Å². The van der Waals surface area contributed by atoms with Gasteiger partial charge in [0.25, 0.3) is 5.89 Å². The van der Waals surface area contributed by atoms with Crippen molar-refractivity contribution in [3.63, 3.8) is 0 Å². The van der Waals surface area contributed by atoms with Crippen molar-refractivity contribution < 1.29 is 4.52 Å². The van der Waals surface area contributed by atoms with Crippen molar-refractivity contribution in [3.05, 3.63) is 41.1 Å². The third-order valence-corrected chi connectivity index (χ3v) is 3.16. The average molecular weight is 318 g/mol. The minimum Gasteiger partial charge on any atom is -0.398 e. The summed E-state index contributed by atoms with van der Waals surface area (Å²) in [4.78, 5) is 12.4. The molecule has 0 radical (unpaired) electrons. The molecule has 2 aromatic heterocycles. The lowest BCUT2D eigenvalue weighted by Crippen LogP contribution is -1.89. The number of nitrogen functional groups attached to an aromatic ring is 1. The number of nitrogens with two attached hydrogens (primary N) is 1. The highest BCUT2D eigenvalue weighted by molar-refractivity contribution is 9.10. The topological polar surface area (TPSA) is 90.7 Å². The van der Waals surface area contributed by atoms with E-state index in [0.717, 1.165) is 10.0 Å². The summed E-state index contributed by atoms with van der Waals surface area (Å²) in [5.41, 5.74) is 7.17. The zero-order chi connectivity index (χ0) is 13.2. The molecule has 0 saturated heterocycles. The molecule has 0 aliphatic heterocycles. The lowest BCUT2D eigenvalue weighted by molar-refractivity contribution is 0.432. The summed E-state index contributed by atoms with van der Waals surface area (Å²) in [6, 6.07) is 7.14. The molecule has 1 aromatic carbocycles. The third kappa shape index (κ3) is 2.32. The predicted molar refractivity (Wildman–Crippen MR) is 72.9 cm³/mol. The Hall–Kier alpha value is -2.28. The van der Waals surface area contributed by atoms with Crippen LogP contribution in [0.25, 0.3) is 23.1 Å². The van der Waals surface area contributed by atoms with Gasteiger partial charge in [-0.15, -0.1) is 0 Å². The van der Waals surface area contributed by atoms with E-state index in [4.69, 9.17) is 10.3 Å². The molecule has 2 N–H and O–H groups in total. The van der Waals surface area contributed by atoms with E-state index in [9.17, 15) is 0 Å². The number of aromatic nitrogens is 4. The average Bonchev–Trinajstić information content (AvgIpc) is 2.93. The monoisotopic (exact) mass is 317 g/mol. The summed E-state index contributed by atoms with van der Waals surface area (Å²) in [6.07, 6.45) is 3.24. The fourth-order valence-corrected chi connectivity index (χ4v) is 1.77. The minimum absolute atomic E-state index is 0.345. The molecule has 3 aromatic rings. The molecule has 6 nitrogen and oxygen atoms in total. The molecule has 3 rings (SSSR count). The first kappa shape index (κ1) is 11.8. The van der Waals surface area contributed by atoms with Crippen molar-refractivity contribution in [2.45, 2.75) is 0 Å². The molecule has 0 amide bonds. The van der Waals surface area contributed by atoms with Crippen molar-refractivity contribution >= 4 is 21.6 Å². The molecule has 0 spiro atoms. The van der Waals surface area contributed by atoms with Crippen molar-refractivity contribution in [1.82, 2.24) is 20.1 Å². The van der Waals surface area contributed by atoms with E-state index in [1.807, 2.05) is 12.1 Å². The predicted octanol–water partition coefficient (Wildman–Crippen LogP) is 2.54. The van der Waals surface area contributed by atoms with E-state index >= 15 is 0 Å². The Balaban J connectivity index is 1.99. The molecule has 0 aliphatic rings. The summed E-state index contributed by atoms with van der Waals surface area (Å²) < 4.78 is 6.01. The normalized spacial score (nSPS) is 10.6. The summed E-state index contributed by atoms with van der Waals surface area (Å²) in [5, 5.41) is 3.85. The first-order valence-corrected chi connectivity index (χ1v) is 6.20. The lowest BCUT2D eigenvalue weighted by atomic mass is 10.2. The summed E-state index contributed by atoms with van der Waals surface area (Å²) in [6.45, 7) is 0. The van der Waals surface area contributed by atoms with Gasteiger partial charge in [0.1, 0.15) is 0 Å². The molecule has 0 unspecified atom stereocenters. The van der Waals surface area contributed by atoms with Gasteiger partial charge < -0.3 is 10.3 Å². The van der Waals surface area contributed by atoms with Crippen molar-refractivity contribution in [1.29, 1.82) is 0 Å². The summed E-state index contributed by atoms with van der Waals surface area (Å²) >= 11 is 3.33. The Morgan fingerprint density at radius 1 is 1.11 bits per heavy atom. The van der Waals surface area contributed by atoms with Gasteiger partial charge in [0.05, 0.1) is 0 Å². The first-order chi connectivity index (χ1) is 9.24. The molecule has 0 fully saturated rings. The second-order valence-electron chi connectivity index (χ2n) is 3.73. The van der Waals surface area contributed by atoms with Crippen molar-refractivity contribution in [2.24, 2.45) is 0 Å². The number of nitrogens with zero attached hydrogens (tertiary/aromatic N) is 4. The van der Waals surface area contributed by atoms with Gasteiger partial charge in [-0.1, -0.05) is 5.16 Å². The van der Waals surface area contributed by atoms with Crippen LogP contribution >= 0.6 is 15.9 Å². The molecule has 0 atom stereocenters. The minimum atomic E-state index is 0.345. The fourth-order valence-electron chi connectivity index (χ4n) is 1.52. The second-order valence-corrected chi connectivity index (χ2v) is 4.59. The molecule has 2 heterocycles. The van der Waals surface area contributed by atoms with Crippen LogP contribution in [-0.4, -0.2) is 20.1 Å². The van der Waals surface area contributed by atoms with Gasteiger partial charge in [0, 0.05) is 28.1 Å². The SMILES string of the molecule is Nc1cc(-c2nc(-c3ncccn3)no2)ccc1Br. The van der Waals surface area contributed by atoms with E-state index in [2.05, 4.69) is 36.0 Å². The third-order valence-electron chi connectivity index (χ3n) is 2.43. The fraction of sp³-hybridized carbons (Fsp3) is 0. The van der Waals surface area contributed by atoms with Crippen LogP contribution in [0.4, 0.5) is 5.69 Å². The van der Waals surface area contributed by atoms with Crippen LogP contribution in [0.15, 0.2) is 45.7 Å². The maximum absolute atomic E-state index is 5.81. The molecule has 0 aliphatic carbocycles. The Morgan fingerprint density at radius 3 is 2.63 bits per heavy atom. The molecule has 7 heteroatoms. The van der Waals surface area contributed by atoms with Gasteiger partial charge in [0.2, 0.25) is 11.6 Å². The molecule has 0 bridgehead atoms. The van der Waals surface area contributed by atoms with E-state index in [-0.39, 0.29) is 0 Å². The maximum atomic E-state index is 5.81. The highest BCUT2D eigenvalue weighted by atomic mass is 79.9. The molecule has 19 heavy (non-hydrogen) atoms. The maximum Gasteiger partial charge on any atom is 0.258 e. The first-order valence-electron chi connectivity index (χ1n) is 5.40. The standard InChI is InChI=1S/C12H8BrN5O/c13-8-3-2-7(6-9(8)14)12-17-11(18-19-12)10-15-4-1-5-16-10/h1-6H,14H2. The zero-order valence-corrected chi connectivity index (χ0v) is 11.2. The molecular weight excluding hydrogens is 310 g/mol. The highest BCUT2D eigenvalue weighted by Gasteiger charge is 2.12. The second kappa shape index (κ2) is 4.77. The van der Waals surface area contributed by atoms with Crippen LogP contribution < -0.4 is 5.73 Å². The Labute approximate surface area is 116 Å². The van der Waals surface area contributed by atoms with Crippen LogP contribution in [0, 0.1) is 0 Å². The quantitative estimate of drug-likeness (QED) is 0.730. The number of benzene rings is 1. The van der Waals surface area contributed by atoms with E-state index in [1.54, 1.807) is 24.5 Å². The van der Waals surface area contributed by atoms with Crippen molar-refractivity contribution in [3.8, 4) is 23.1 Å². The largest absolute Gasteiger partial charge is 0.398 e. The van der Waals surface area contributed by atoms with E-state index in [0.29, 0.717) is 23.2 Å². The Morgan fingerprint density at radius 2 is 1.89 bits per heavy atom. The van der Waals surface area contributed by atoms with Crippen LogP contribution in [0.5, 0.6) is 0 Å². The Bertz CT molecular complexity index is 713. The number of halogens is 1. The lowest BCUT2D eigenvalue weighted by Gasteiger charge is -1.99. The molecule has 94 valence electrons.